The maximum Gasteiger partial charge on any atom is 0.492 e. The minimum absolute atomic E-state index is 0.0195. The van der Waals surface area contributed by atoms with E-state index >= 15 is 0 Å². The first kappa shape index (κ1) is 14.4. The van der Waals surface area contributed by atoms with Gasteiger partial charge >= 0.3 is 7.12 Å². The molecule has 0 radical (unpaired) electrons. The zero-order chi connectivity index (χ0) is 14.7. The molecule has 0 aliphatic carbocycles. The van der Waals surface area contributed by atoms with Gasteiger partial charge in [-0.2, -0.15) is 0 Å². The van der Waals surface area contributed by atoms with E-state index in [4.69, 9.17) is 14.8 Å². The molecule has 0 saturated carbocycles. The quantitative estimate of drug-likeness (QED) is 0.832. The summed E-state index contributed by atoms with van der Waals surface area (Å²) in [6.07, 6.45) is 0. The number of hydrogen-bond donors (Lipinski definition) is 2. The van der Waals surface area contributed by atoms with Crippen LogP contribution < -0.4 is 10.2 Å². The van der Waals surface area contributed by atoms with Crippen molar-refractivity contribution >= 4 is 12.6 Å². The first-order chi connectivity index (χ1) is 9.47. The van der Waals surface area contributed by atoms with Gasteiger partial charge < -0.3 is 14.8 Å². The van der Waals surface area contributed by atoms with Crippen molar-refractivity contribution in [1.29, 1.82) is 0 Å². The van der Waals surface area contributed by atoms with E-state index in [0.717, 1.165) is 24.3 Å². The minimum atomic E-state index is -1.82. The van der Waals surface area contributed by atoms with Crippen LogP contribution in [0.1, 0.15) is 5.56 Å². The molecule has 7 heteroatoms. The Labute approximate surface area is 113 Å². The minimum Gasteiger partial charge on any atom is -0.489 e. The average molecular weight is 282 g/mol. The van der Waals surface area contributed by atoms with Crippen molar-refractivity contribution in [3.63, 3.8) is 0 Å². The van der Waals surface area contributed by atoms with E-state index in [-0.39, 0.29) is 17.8 Å². The Morgan fingerprint density at radius 3 is 2.35 bits per heavy atom. The van der Waals surface area contributed by atoms with Crippen molar-refractivity contribution < 1.29 is 28.0 Å². The molecule has 2 aromatic rings. The third-order valence-corrected chi connectivity index (χ3v) is 2.63. The topological polar surface area (TPSA) is 49.7 Å². The van der Waals surface area contributed by atoms with E-state index < -0.39 is 24.6 Å². The molecule has 0 aliphatic heterocycles. The highest BCUT2D eigenvalue weighted by Gasteiger charge is 2.18. The lowest BCUT2D eigenvalue weighted by molar-refractivity contribution is 0.304. The molecule has 0 bridgehead atoms. The smallest absolute Gasteiger partial charge is 0.489 e. The van der Waals surface area contributed by atoms with E-state index in [1.165, 1.54) is 12.1 Å². The molecular formula is C13H10BF3O3. The van der Waals surface area contributed by atoms with Gasteiger partial charge in [-0.3, -0.25) is 0 Å². The van der Waals surface area contributed by atoms with Gasteiger partial charge in [0.05, 0.1) is 0 Å². The third kappa shape index (κ3) is 3.31. The Balaban J connectivity index is 2.17. The van der Waals surface area contributed by atoms with Crippen LogP contribution in [0.15, 0.2) is 36.4 Å². The van der Waals surface area contributed by atoms with Crippen LogP contribution in [0.25, 0.3) is 0 Å². The standard InChI is InChI=1S/C13H10BF3O3/c15-9-2-3-10(14(18)19)13(6-9)20-7-8-1-4-11(16)12(17)5-8/h1-6,18-19H,7H2. The lowest BCUT2D eigenvalue weighted by Gasteiger charge is -2.11. The van der Waals surface area contributed by atoms with Crippen LogP contribution in [0.4, 0.5) is 13.2 Å². The Morgan fingerprint density at radius 2 is 1.70 bits per heavy atom. The fourth-order valence-corrected chi connectivity index (χ4v) is 1.64. The fourth-order valence-electron chi connectivity index (χ4n) is 1.64. The van der Waals surface area contributed by atoms with Crippen LogP contribution in [-0.2, 0) is 6.61 Å². The normalized spacial score (nSPS) is 10.4. The first-order valence-corrected chi connectivity index (χ1v) is 5.69. The summed E-state index contributed by atoms with van der Waals surface area (Å²) in [6, 6.07) is 6.41. The molecule has 0 aromatic heterocycles. The van der Waals surface area contributed by atoms with Gasteiger partial charge in [0.1, 0.15) is 18.2 Å². The average Bonchev–Trinajstić information content (AvgIpc) is 2.40. The highest BCUT2D eigenvalue weighted by atomic mass is 19.2. The lowest BCUT2D eigenvalue weighted by Crippen LogP contribution is -2.31. The summed E-state index contributed by atoms with van der Waals surface area (Å²) in [7, 11) is -1.82. The zero-order valence-corrected chi connectivity index (χ0v) is 10.2. The number of ether oxygens (including phenoxy) is 1. The van der Waals surface area contributed by atoms with E-state index in [1.54, 1.807) is 0 Å². The molecule has 20 heavy (non-hydrogen) atoms. The van der Waals surface area contributed by atoms with Crippen molar-refractivity contribution in [1.82, 2.24) is 0 Å². The second-order valence-electron chi connectivity index (χ2n) is 4.09. The van der Waals surface area contributed by atoms with Crippen LogP contribution in [0.3, 0.4) is 0 Å². The van der Waals surface area contributed by atoms with Gasteiger partial charge in [-0.05, 0) is 23.8 Å². The van der Waals surface area contributed by atoms with Gasteiger partial charge in [-0.15, -0.1) is 0 Å². The summed E-state index contributed by atoms with van der Waals surface area (Å²) in [4.78, 5) is 0. The highest BCUT2D eigenvalue weighted by Crippen LogP contribution is 2.14. The predicted octanol–water partition coefficient (Wildman–Crippen LogP) is 1.36. The summed E-state index contributed by atoms with van der Waals surface area (Å²) in [5, 5.41) is 18.2. The molecule has 104 valence electrons. The molecule has 2 aromatic carbocycles. The van der Waals surface area contributed by atoms with Crippen molar-refractivity contribution in [2.24, 2.45) is 0 Å². The largest absolute Gasteiger partial charge is 0.492 e. The summed E-state index contributed by atoms with van der Waals surface area (Å²) >= 11 is 0. The Kier molecular flexibility index (Phi) is 4.31. The molecule has 3 nitrogen and oxygen atoms in total. The van der Waals surface area contributed by atoms with Crippen LogP contribution in [0.2, 0.25) is 0 Å². The molecule has 0 atom stereocenters. The van der Waals surface area contributed by atoms with Crippen molar-refractivity contribution in [3.05, 3.63) is 59.4 Å². The molecule has 0 spiro atoms. The molecule has 0 fully saturated rings. The molecule has 0 amide bonds. The number of hydrogen-bond acceptors (Lipinski definition) is 3. The summed E-state index contributed by atoms with van der Waals surface area (Å²) in [6.45, 7) is -0.166. The predicted molar refractivity (Wildman–Crippen MR) is 66.9 cm³/mol. The van der Waals surface area contributed by atoms with Crippen molar-refractivity contribution in [3.8, 4) is 5.75 Å². The fraction of sp³-hybridized carbons (Fsp3) is 0.0769. The van der Waals surface area contributed by atoms with Crippen molar-refractivity contribution in [2.75, 3.05) is 0 Å². The Bertz CT molecular complexity index is 620. The van der Waals surface area contributed by atoms with Gasteiger partial charge in [0.2, 0.25) is 0 Å². The molecule has 0 aliphatic rings. The van der Waals surface area contributed by atoms with E-state index in [0.29, 0.717) is 5.56 Å². The third-order valence-electron chi connectivity index (χ3n) is 2.63. The maximum absolute atomic E-state index is 13.1. The monoisotopic (exact) mass is 282 g/mol. The highest BCUT2D eigenvalue weighted by molar-refractivity contribution is 6.59. The van der Waals surface area contributed by atoms with Gasteiger partial charge in [-0.25, -0.2) is 13.2 Å². The van der Waals surface area contributed by atoms with Gasteiger partial charge in [0, 0.05) is 11.5 Å². The van der Waals surface area contributed by atoms with Crippen molar-refractivity contribution in [2.45, 2.75) is 6.61 Å². The number of rotatable bonds is 4. The van der Waals surface area contributed by atoms with Crippen LogP contribution >= 0.6 is 0 Å². The summed E-state index contributed by atoms with van der Waals surface area (Å²) in [5.41, 5.74) is 0.306. The second-order valence-corrected chi connectivity index (χ2v) is 4.09. The van der Waals surface area contributed by atoms with Gasteiger partial charge in [0.25, 0.3) is 0 Å². The van der Waals surface area contributed by atoms with Crippen LogP contribution in [-0.4, -0.2) is 17.2 Å². The van der Waals surface area contributed by atoms with E-state index in [9.17, 15) is 13.2 Å². The van der Waals surface area contributed by atoms with E-state index in [2.05, 4.69) is 0 Å². The van der Waals surface area contributed by atoms with Gasteiger partial charge in [0.15, 0.2) is 11.6 Å². The maximum atomic E-state index is 13.1. The molecular weight excluding hydrogens is 272 g/mol. The number of benzene rings is 2. The summed E-state index contributed by atoms with van der Waals surface area (Å²) < 4.78 is 44.1. The molecule has 0 saturated heterocycles. The van der Waals surface area contributed by atoms with E-state index in [1.807, 2.05) is 0 Å². The Hall–Kier alpha value is -1.99. The summed E-state index contributed by atoms with van der Waals surface area (Å²) in [5.74, 6) is -2.70. The molecule has 0 unspecified atom stereocenters. The zero-order valence-electron chi connectivity index (χ0n) is 10.2. The van der Waals surface area contributed by atoms with Crippen LogP contribution in [0.5, 0.6) is 5.75 Å². The number of halogens is 3. The molecule has 2 rings (SSSR count). The van der Waals surface area contributed by atoms with Crippen LogP contribution in [0, 0.1) is 17.5 Å². The second kappa shape index (κ2) is 5.98. The molecule has 0 heterocycles. The first-order valence-electron chi connectivity index (χ1n) is 5.69. The van der Waals surface area contributed by atoms with Gasteiger partial charge in [-0.1, -0.05) is 12.1 Å². The molecule has 2 N–H and O–H groups in total. The Morgan fingerprint density at radius 1 is 0.950 bits per heavy atom. The lowest BCUT2D eigenvalue weighted by atomic mass is 9.79. The SMILES string of the molecule is OB(O)c1ccc(F)cc1OCc1ccc(F)c(F)c1.